The van der Waals surface area contributed by atoms with E-state index in [2.05, 4.69) is 29.6 Å². The third kappa shape index (κ3) is 4.39. The Labute approximate surface area is 200 Å². The first-order valence-corrected chi connectivity index (χ1v) is 12.1. The molecule has 0 bridgehead atoms. The molecule has 1 aliphatic heterocycles. The Hall–Kier alpha value is -3.35. The Bertz CT molecular complexity index is 1030. The molecule has 7 nitrogen and oxygen atoms in total. The minimum absolute atomic E-state index is 0.0648. The van der Waals surface area contributed by atoms with Crippen LogP contribution in [0.1, 0.15) is 63.0 Å². The molecule has 1 atom stereocenters. The van der Waals surface area contributed by atoms with Gasteiger partial charge in [0.25, 0.3) is 0 Å². The molecular formula is C27H32N2O5. The molecule has 0 unspecified atom stereocenters. The van der Waals surface area contributed by atoms with Crippen molar-refractivity contribution in [1.29, 1.82) is 0 Å². The molecule has 1 fully saturated rings. The van der Waals surface area contributed by atoms with Crippen molar-refractivity contribution >= 4 is 18.0 Å². The number of hydrogen-bond donors (Lipinski definition) is 2. The number of rotatable bonds is 8. The lowest BCUT2D eigenvalue weighted by Crippen LogP contribution is -2.60. The second-order valence-corrected chi connectivity index (χ2v) is 9.13. The quantitative estimate of drug-likeness (QED) is 0.598. The highest BCUT2D eigenvalue weighted by Gasteiger charge is 2.44. The van der Waals surface area contributed by atoms with E-state index in [0.29, 0.717) is 25.8 Å². The molecule has 1 saturated heterocycles. The third-order valence-electron chi connectivity index (χ3n) is 7.35. The lowest BCUT2D eigenvalue weighted by atomic mass is 9.90. The number of benzene rings is 2. The maximum absolute atomic E-state index is 13.5. The fourth-order valence-corrected chi connectivity index (χ4v) is 5.40. The molecule has 2 amide bonds. The number of likely N-dealkylation sites (tertiary alicyclic amines) is 1. The van der Waals surface area contributed by atoms with E-state index < -0.39 is 17.6 Å². The van der Waals surface area contributed by atoms with Gasteiger partial charge in [0.15, 0.2) is 0 Å². The van der Waals surface area contributed by atoms with Gasteiger partial charge in [0, 0.05) is 18.5 Å². The summed E-state index contributed by atoms with van der Waals surface area (Å²) < 4.78 is 5.69. The third-order valence-corrected chi connectivity index (χ3v) is 7.35. The number of ether oxygens (including phenoxy) is 1. The van der Waals surface area contributed by atoms with Crippen LogP contribution < -0.4 is 5.32 Å². The van der Waals surface area contributed by atoms with Crippen LogP contribution in [0.25, 0.3) is 11.1 Å². The van der Waals surface area contributed by atoms with Crippen LogP contribution in [-0.2, 0) is 14.3 Å². The van der Waals surface area contributed by atoms with Crippen molar-refractivity contribution in [2.45, 2.75) is 63.5 Å². The van der Waals surface area contributed by atoms with Crippen molar-refractivity contribution < 1.29 is 24.2 Å². The van der Waals surface area contributed by atoms with Crippen molar-refractivity contribution in [2.24, 2.45) is 0 Å². The van der Waals surface area contributed by atoms with E-state index in [4.69, 9.17) is 4.74 Å². The maximum atomic E-state index is 13.5. The van der Waals surface area contributed by atoms with Crippen LogP contribution in [-0.4, -0.2) is 52.7 Å². The number of carboxylic acids is 1. The lowest BCUT2D eigenvalue weighted by Gasteiger charge is -2.37. The smallest absolute Gasteiger partial charge is 0.408 e. The van der Waals surface area contributed by atoms with E-state index in [0.717, 1.165) is 28.7 Å². The predicted molar refractivity (Wildman–Crippen MR) is 129 cm³/mol. The second kappa shape index (κ2) is 9.87. The summed E-state index contributed by atoms with van der Waals surface area (Å²) in [5.41, 5.74) is 3.43. The largest absolute Gasteiger partial charge is 0.481 e. The summed E-state index contributed by atoms with van der Waals surface area (Å²) in [5.74, 6) is -1.22. The van der Waals surface area contributed by atoms with Crippen LogP contribution in [0.3, 0.4) is 0 Å². The minimum atomic E-state index is -1.12. The van der Waals surface area contributed by atoms with Crippen molar-refractivity contribution in [1.82, 2.24) is 10.2 Å². The van der Waals surface area contributed by atoms with Crippen molar-refractivity contribution in [2.75, 3.05) is 13.2 Å². The first kappa shape index (κ1) is 23.8. The van der Waals surface area contributed by atoms with Crippen molar-refractivity contribution in [3.63, 3.8) is 0 Å². The number of nitrogens with one attached hydrogen (secondary N) is 1. The van der Waals surface area contributed by atoms with Crippen molar-refractivity contribution in [3.05, 3.63) is 59.7 Å². The van der Waals surface area contributed by atoms with Gasteiger partial charge in [-0.05, 0) is 47.9 Å². The van der Waals surface area contributed by atoms with Crippen LogP contribution in [0.5, 0.6) is 0 Å². The zero-order valence-electron chi connectivity index (χ0n) is 19.8. The van der Waals surface area contributed by atoms with Gasteiger partial charge in [-0.15, -0.1) is 0 Å². The number of fused-ring (bicyclic) bond motifs is 3. The Kier molecular flexibility index (Phi) is 6.91. The monoisotopic (exact) mass is 464 g/mol. The molecule has 7 heteroatoms. The van der Waals surface area contributed by atoms with Crippen LogP contribution in [0, 0.1) is 0 Å². The van der Waals surface area contributed by atoms with Gasteiger partial charge in [-0.3, -0.25) is 9.59 Å². The summed E-state index contributed by atoms with van der Waals surface area (Å²) in [5, 5.41) is 12.1. The topological polar surface area (TPSA) is 95.9 Å². The lowest BCUT2D eigenvalue weighted by molar-refractivity contribution is -0.143. The van der Waals surface area contributed by atoms with Gasteiger partial charge < -0.3 is 20.1 Å². The van der Waals surface area contributed by atoms with E-state index in [1.54, 1.807) is 4.90 Å². The summed E-state index contributed by atoms with van der Waals surface area (Å²) in [6.07, 6.45) is 1.49. The second-order valence-electron chi connectivity index (χ2n) is 9.13. The van der Waals surface area contributed by atoms with Crippen LogP contribution >= 0.6 is 0 Å². The Balaban J connectivity index is 1.47. The first-order chi connectivity index (χ1) is 16.4. The number of carbonyl (C=O) groups excluding carboxylic acids is 2. The fraction of sp³-hybridized carbons (Fsp3) is 0.444. The number of hydrogen-bond acceptors (Lipinski definition) is 4. The molecule has 1 aliphatic carbocycles. The number of carboxylic acid groups (broad SMARTS) is 1. The Morgan fingerprint density at radius 2 is 1.62 bits per heavy atom. The molecule has 2 aromatic rings. The fourth-order valence-electron chi connectivity index (χ4n) is 5.40. The minimum Gasteiger partial charge on any atom is -0.481 e. The molecule has 4 rings (SSSR count). The molecular weight excluding hydrogens is 432 g/mol. The van der Waals surface area contributed by atoms with Crippen molar-refractivity contribution in [3.8, 4) is 11.1 Å². The van der Waals surface area contributed by atoms with Crippen LogP contribution in [0.15, 0.2) is 48.5 Å². The summed E-state index contributed by atoms with van der Waals surface area (Å²) in [6.45, 7) is 4.38. The van der Waals surface area contributed by atoms with E-state index >= 15 is 0 Å². The average molecular weight is 465 g/mol. The van der Waals surface area contributed by atoms with E-state index in [9.17, 15) is 19.5 Å². The van der Waals surface area contributed by atoms with Crippen LogP contribution in [0.2, 0.25) is 0 Å². The van der Waals surface area contributed by atoms with Gasteiger partial charge in [-0.1, -0.05) is 62.4 Å². The maximum Gasteiger partial charge on any atom is 0.408 e. The molecule has 0 radical (unpaired) electrons. The zero-order valence-corrected chi connectivity index (χ0v) is 19.8. The van der Waals surface area contributed by atoms with E-state index in [-0.39, 0.29) is 30.9 Å². The SMILES string of the molecule is CCC(CC)(NC(=O)OCC1c2ccccc2-c2ccccc21)C(=O)N1CCC[C@@H]1CC(=O)O. The summed E-state index contributed by atoms with van der Waals surface area (Å²) in [6, 6.07) is 15.9. The Morgan fingerprint density at radius 1 is 1.03 bits per heavy atom. The number of alkyl carbamates (subject to hydrolysis) is 1. The van der Waals surface area contributed by atoms with Gasteiger partial charge in [0.2, 0.25) is 5.91 Å². The standard InChI is InChI=1S/C27H32N2O5/c1-3-27(4-2,25(32)29-15-9-10-18(29)16-24(30)31)28-26(33)34-17-23-21-13-7-5-11-19(21)20-12-6-8-14-22(20)23/h5-8,11-14,18,23H,3-4,9-10,15-17H2,1-2H3,(H,28,33)(H,30,31)/t18-/m1/s1. The average Bonchev–Trinajstić information content (AvgIpc) is 3.43. The highest BCUT2D eigenvalue weighted by Crippen LogP contribution is 2.44. The number of nitrogens with zero attached hydrogens (tertiary/aromatic N) is 1. The number of amides is 2. The summed E-state index contributed by atoms with van der Waals surface area (Å²) in [7, 11) is 0. The van der Waals surface area contributed by atoms with E-state index in [1.165, 1.54) is 0 Å². The van der Waals surface area contributed by atoms with Gasteiger partial charge >= 0.3 is 12.1 Å². The predicted octanol–water partition coefficient (Wildman–Crippen LogP) is 4.55. The molecule has 0 saturated carbocycles. The number of carbonyl (C=O) groups is 3. The summed E-state index contributed by atoms with van der Waals surface area (Å²) in [4.78, 5) is 39.3. The molecule has 34 heavy (non-hydrogen) atoms. The molecule has 0 spiro atoms. The van der Waals surface area contributed by atoms with Gasteiger partial charge in [0.05, 0.1) is 6.42 Å². The highest BCUT2D eigenvalue weighted by molar-refractivity contribution is 5.90. The number of aliphatic carboxylic acids is 1. The highest BCUT2D eigenvalue weighted by atomic mass is 16.5. The van der Waals surface area contributed by atoms with Gasteiger partial charge in [-0.25, -0.2) is 4.79 Å². The molecule has 180 valence electrons. The summed E-state index contributed by atoms with van der Waals surface area (Å²) >= 11 is 0. The van der Waals surface area contributed by atoms with Crippen LogP contribution in [0.4, 0.5) is 4.79 Å². The zero-order chi connectivity index (χ0) is 24.3. The first-order valence-electron chi connectivity index (χ1n) is 12.1. The molecule has 2 aliphatic rings. The van der Waals surface area contributed by atoms with Gasteiger partial charge in [0.1, 0.15) is 12.1 Å². The molecule has 2 N–H and O–H groups in total. The van der Waals surface area contributed by atoms with E-state index in [1.807, 2.05) is 38.1 Å². The molecule has 1 heterocycles. The normalized spacial score (nSPS) is 17.2. The van der Waals surface area contributed by atoms with Gasteiger partial charge in [-0.2, -0.15) is 0 Å². The Morgan fingerprint density at radius 3 is 2.18 bits per heavy atom. The molecule has 2 aromatic carbocycles. The molecule has 0 aromatic heterocycles.